The van der Waals surface area contributed by atoms with Gasteiger partial charge < -0.3 is 21.1 Å². The number of amides is 1. The van der Waals surface area contributed by atoms with Crippen LogP contribution in [0.25, 0.3) is 0 Å². The Bertz CT molecular complexity index is 1320. The van der Waals surface area contributed by atoms with Crippen LogP contribution in [0, 0.1) is 11.3 Å². The molecule has 1 saturated heterocycles. The fourth-order valence-electron chi connectivity index (χ4n) is 4.81. The Labute approximate surface area is 203 Å². The molecule has 1 atom stereocenters. The van der Waals surface area contributed by atoms with Crippen LogP contribution >= 0.6 is 0 Å². The number of primary amides is 1. The predicted molar refractivity (Wildman–Crippen MR) is 131 cm³/mol. The van der Waals surface area contributed by atoms with Gasteiger partial charge in [-0.1, -0.05) is 18.6 Å². The quantitative estimate of drug-likeness (QED) is 0.495. The van der Waals surface area contributed by atoms with Gasteiger partial charge in [0.2, 0.25) is 5.95 Å². The van der Waals surface area contributed by atoms with Crippen molar-refractivity contribution in [1.29, 1.82) is 5.26 Å². The van der Waals surface area contributed by atoms with Crippen molar-refractivity contribution in [1.82, 2.24) is 20.1 Å². The Morgan fingerprint density at radius 3 is 2.83 bits per heavy atom. The van der Waals surface area contributed by atoms with Crippen LogP contribution in [0.1, 0.15) is 46.4 Å². The first-order chi connectivity index (χ1) is 17.1. The summed E-state index contributed by atoms with van der Waals surface area (Å²) in [7, 11) is 1.63. The van der Waals surface area contributed by atoms with Gasteiger partial charge in [-0.2, -0.15) is 10.2 Å². The van der Waals surface area contributed by atoms with E-state index in [2.05, 4.69) is 48.9 Å². The molecule has 10 heteroatoms. The molecule has 5 rings (SSSR count). The molecule has 0 radical (unpaired) electrons. The number of carbonyl (C=O) groups excluding carboxylic acids is 1. The molecule has 1 fully saturated rings. The number of aromatic nitrogens is 3. The summed E-state index contributed by atoms with van der Waals surface area (Å²) in [4.78, 5) is 18.9. The molecule has 1 amide bonds. The smallest absolute Gasteiger partial charge is 0.273 e. The van der Waals surface area contributed by atoms with E-state index in [0.717, 1.165) is 19.5 Å². The molecule has 2 aliphatic heterocycles. The molecule has 3 heterocycles. The summed E-state index contributed by atoms with van der Waals surface area (Å²) in [5, 5.41) is 23.6. The van der Waals surface area contributed by atoms with Crippen LogP contribution in [0.15, 0.2) is 36.4 Å². The van der Waals surface area contributed by atoms with Gasteiger partial charge in [-0.15, -0.1) is 10.2 Å². The highest BCUT2D eigenvalue weighted by molar-refractivity contribution is 5.96. The molecule has 3 aromatic rings. The number of rotatable bonds is 6. The zero-order valence-electron chi connectivity index (χ0n) is 19.4. The maximum absolute atomic E-state index is 11.9. The van der Waals surface area contributed by atoms with Crippen LogP contribution in [0.3, 0.4) is 0 Å². The molecule has 4 N–H and O–H groups in total. The number of ether oxygens (including phenoxy) is 1. The number of para-hydroxylation sites is 1. The Morgan fingerprint density at radius 2 is 2.03 bits per heavy atom. The minimum Gasteiger partial charge on any atom is -0.495 e. The van der Waals surface area contributed by atoms with Crippen LogP contribution in [-0.4, -0.2) is 45.7 Å². The van der Waals surface area contributed by atoms with Gasteiger partial charge in [0, 0.05) is 12.6 Å². The fourth-order valence-corrected chi connectivity index (χ4v) is 4.81. The number of fused-ring (bicyclic) bond motifs is 2. The molecule has 0 bridgehead atoms. The van der Waals surface area contributed by atoms with Crippen molar-refractivity contribution in [3.63, 3.8) is 0 Å². The van der Waals surface area contributed by atoms with Gasteiger partial charge in [0.05, 0.1) is 24.0 Å². The van der Waals surface area contributed by atoms with Crippen LogP contribution in [-0.2, 0) is 13.0 Å². The Morgan fingerprint density at radius 1 is 1.17 bits per heavy atom. The SMILES string of the molecule is COc1cc2c(cc1Nc1nnc(C(N)=O)c(Nc3ccccc3C#N)n1)CN1CCCCC1C2. The number of nitrogens with one attached hydrogen (secondary N) is 2. The molecule has 10 nitrogen and oxygen atoms in total. The predicted octanol–water partition coefficient (Wildman–Crippen LogP) is 3.25. The number of methoxy groups -OCH3 is 1. The second kappa shape index (κ2) is 9.56. The number of piperidine rings is 1. The minimum atomic E-state index is -0.782. The van der Waals surface area contributed by atoms with E-state index in [1.165, 1.54) is 30.4 Å². The van der Waals surface area contributed by atoms with Crippen LogP contribution in [0.4, 0.5) is 23.1 Å². The number of nitrogens with two attached hydrogens (primary N) is 1. The number of benzene rings is 2. The van der Waals surface area contributed by atoms with E-state index in [-0.39, 0.29) is 17.5 Å². The van der Waals surface area contributed by atoms with E-state index < -0.39 is 5.91 Å². The van der Waals surface area contributed by atoms with Crippen molar-refractivity contribution in [2.24, 2.45) is 5.73 Å². The molecule has 0 saturated carbocycles. The summed E-state index contributed by atoms with van der Waals surface area (Å²) in [6.45, 7) is 2.02. The molecule has 35 heavy (non-hydrogen) atoms. The van der Waals surface area contributed by atoms with E-state index in [9.17, 15) is 10.1 Å². The van der Waals surface area contributed by atoms with E-state index in [1.807, 2.05) is 0 Å². The van der Waals surface area contributed by atoms with Crippen LogP contribution in [0.5, 0.6) is 5.75 Å². The summed E-state index contributed by atoms with van der Waals surface area (Å²) >= 11 is 0. The monoisotopic (exact) mass is 470 g/mol. The van der Waals surface area contributed by atoms with E-state index in [4.69, 9.17) is 10.5 Å². The lowest BCUT2D eigenvalue weighted by molar-refractivity contribution is 0.0995. The van der Waals surface area contributed by atoms with Gasteiger partial charge in [-0.25, -0.2) is 0 Å². The van der Waals surface area contributed by atoms with E-state index >= 15 is 0 Å². The zero-order chi connectivity index (χ0) is 24.4. The highest BCUT2D eigenvalue weighted by Gasteiger charge is 2.29. The third kappa shape index (κ3) is 4.58. The first kappa shape index (κ1) is 22.6. The van der Waals surface area contributed by atoms with Gasteiger partial charge >= 0.3 is 0 Å². The third-order valence-corrected chi connectivity index (χ3v) is 6.57. The fraction of sp³-hybridized carbons (Fsp3) is 0.320. The number of anilines is 4. The van der Waals surface area contributed by atoms with Gasteiger partial charge in [-0.05, 0) is 61.2 Å². The normalized spacial score (nSPS) is 17.0. The number of carbonyl (C=O) groups is 1. The molecule has 1 unspecified atom stereocenters. The lowest BCUT2D eigenvalue weighted by Gasteiger charge is -2.40. The van der Waals surface area contributed by atoms with Crippen LogP contribution in [0.2, 0.25) is 0 Å². The first-order valence-corrected chi connectivity index (χ1v) is 11.6. The number of hydrogen-bond acceptors (Lipinski definition) is 9. The summed E-state index contributed by atoms with van der Waals surface area (Å²) in [5.74, 6) is 0.165. The largest absolute Gasteiger partial charge is 0.495 e. The highest BCUT2D eigenvalue weighted by atomic mass is 16.5. The number of nitrogens with zero attached hydrogens (tertiary/aromatic N) is 5. The minimum absolute atomic E-state index is 0.103. The topological polar surface area (TPSA) is 142 Å². The van der Waals surface area contributed by atoms with Crippen molar-refractivity contribution in [3.8, 4) is 11.8 Å². The summed E-state index contributed by atoms with van der Waals surface area (Å²) in [6, 6.07) is 13.7. The van der Waals surface area contributed by atoms with Crippen molar-refractivity contribution in [3.05, 3.63) is 58.8 Å². The molecule has 1 aromatic heterocycles. The van der Waals surface area contributed by atoms with Gasteiger partial charge in [0.25, 0.3) is 5.91 Å². The standard InChI is InChI=1S/C25H26N8O2/c1-35-21-12-16-10-18-7-4-5-9-33(18)14-17(16)11-20(21)29-25-30-24(22(23(27)34)31-32-25)28-19-8-3-2-6-15(19)13-26/h2-3,6,8,11-12,18H,4-5,7,9-10,14H2,1H3,(H2,27,34)(H2,28,29,30,32). The molecule has 0 aliphatic carbocycles. The van der Waals surface area contributed by atoms with Crippen LogP contribution < -0.4 is 21.1 Å². The first-order valence-electron chi connectivity index (χ1n) is 11.6. The Kier molecular flexibility index (Phi) is 6.16. The lowest BCUT2D eigenvalue weighted by Crippen LogP contribution is -2.43. The highest BCUT2D eigenvalue weighted by Crippen LogP contribution is 2.36. The average Bonchev–Trinajstić information content (AvgIpc) is 2.87. The van der Waals surface area contributed by atoms with Crippen molar-refractivity contribution in [2.75, 3.05) is 24.3 Å². The van der Waals surface area contributed by atoms with Crippen molar-refractivity contribution in [2.45, 2.75) is 38.3 Å². The van der Waals surface area contributed by atoms with E-state index in [1.54, 1.807) is 31.4 Å². The molecule has 2 aromatic carbocycles. The number of hydrogen-bond donors (Lipinski definition) is 3. The van der Waals surface area contributed by atoms with Gasteiger partial charge in [0.1, 0.15) is 11.8 Å². The summed E-state index contributed by atoms with van der Waals surface area (Å²) in [6.07, 6.45) is 4.78. The zero-order valence-corrected chi connectivity index (χ0v) is 19.4. The second-order valence-electron chi connectivity index (χ2n) is 8.75. The summed E-state index contributed by atoms with van der Waals surface area (Å²) < 4.78 is 5.66. The Hall–Kier alpha value is -4.23. The lowest BCUT2D eigenvalue weighted by atomic mass is 9.88. The third-order valence-electron chi connectivity index (χ3n) is 6.57. The maximum Gasteiger partial charge on any atom is 0.273 e. The summed E-state index contributed by atoms with van der Waals surface area (Å²) in [5.41, 5.74) is 9.48. The van der Waals surface area contributed by atoms with Gasteiger partial charge in [-0.3, -0.25) is 9.69 Å². The van der Waals surface area contributed by atoms with Crippen molar-refractivity contribution < 1.29 is 9.53 Å². The molecule has 178 valence electrons. The molecule has 0 spiro atoms. The van der Waals surface area contributed by atoms with Gasteiger partial charge in [0.15, 0.2) is 11.5 Å². The second-order valence-corrected chi connectivity index (χ2v) is 8.75. The Balaban J connectivity index is 1.46. The molecular formula is C25H26N8O2. The van der Waals surface area contributed by atoms with Crippen molar-refractivity contribution >= 4 is 29.0 Å². The maximum atomic E-state index is 11.9. The molecule has 2 aliphatic rings. The average molecular weight is 471 g/mol. The number of nitriles is 1. The van der Waals surface area contributed by atoms with E-state index in [0.29, 0.717) is 28.7 Å². The molecular weight excluding hydrogens is 444 g/mol.